The van der Waals surface area contributed by atoms with Crippen LogP contribution < -0.4 is 10.1 Å². The van der Waals surface area contributed by atoms with Gasteiger partial charge in [-0.15, -0.1) is 0 Å². The van der Waals surface area contributed by atoms with Gasteiger partial charge in [0.25, 0.3) is 0 Å². The largest absolute Gasteiger partial charge is 0.497 e. The van der Waals surface area contributed by atoms with Gasteiger partial charge in [-0.25, -0.2) is 0 Å². The number of benzene rings is 1. The molecular formula is C16H25NO. The van der Waals surface area contributed by atoms with Crippen LogP contribution in [-0.4, -0.2) is 13.7 Å². The molecule has 1 aromatic rings. The lowest BCUT2D eigenvalue weighted by atomic mass is 10.0. The Morgan fingerprint density at radius 3 is 2.56 bits per heavy atom. The minimum atomic E-state index is 0.931. The summed E-state index contributed by atoms with van der Waals surface area (Å²) in [4.78, 5) is 0. The van der Waals surface area contributed by atoms with Gasteiger partial charge in [-0.2, -0.15) is 0 Å². The number of methoxy groups -OCH3 is 1. The lowest BCUT2D eigenvalue weighted by Crippen LogP contribution is -2.15. The normalized spacial score (nSPS) is 16.1. The van der Waals surface area contributed by atoms with Crippen molar-refractivity contribution in [3.63, 3.8) is 0 Å². The highest BCUT2D eigenvalue weighted by Crippen LogP contribution is 2.28. The van der Waals surface area contributed by atoms with Crippen LogP contribution in [0.2, 0.25) is 0 Å². The predicted octanol–water partition coefficient (Wildman–Crippen LogP) is 3.76. The molecule has 0 unspecified atom stereocenters. The van der Waals surface area contributed by atoms with Crippen LogP contribution in [0.15, 0.2) is 24.3 Å². The van der Waals surface area contributed by atoms with Gasteiger partial charge in [0.05, 0.1) is 7.11 Å². The molecule has 0 aromatic heterocycles. The Bertz CT molecular complexity index is 327. The molecule has 1 saturated carbocycles. The van der Waals surface area contributed by atoms with Crippen LogP contribution in [0.5, 0.6) is 5.75 Å². The lowest BCUT2D eigenvalue weighted by molar-refractivity contribution is 0.414. The quantitative estimate of drug-likeness (QED) is 0.741. The van der Waals surface area contributed by atoms with Crippen LogP contribution in [0, 0.1) is 5.92 Å². The van der Waals surface area contributed by atoms with E-state index < -0.39 is 0 Å². The van der Waals surface area contributed by atoms with Gasteiger partial charge in [-0.1, -0.05) is 37.8 Å². The van der Waals surface area contributed by atoms with E-state index in [1.54, 1.807) is 7.11 Å². The fourth-order valence-electron chi connectivity index (χ4n) is 2.79. The molecule has 1 N–H and O–H groups in total. The van der Waals surface area contributed by atoms with Crippen LogP contribution in [-0.2, 0) is 6.54 Å². The van der Waals surface area contributed by atoms with Crippen LogP contribution in [0.3, 0.4) is 0 Å². The van der Waals surface area contributed by atoms with Crippen molar-refractivity contribution in [1.29, 1.82) is 0 Å². The molecule has 0 amide bonds. The Morgan fingerprint density at radius 2 is 1.89 bits per heavy atom. The maximum Gasteiger partial charge on any atom is 0.118 e. The average Bonchev–Trinajstić information content (AvgIpc) is 2.92. The minimum Gasteiger partial charge on any atom is -0.497 e. The van der Waals surface area contributed by atoms with Crippen molar-refractivity contribution in [1.82, 2.24) is 5.32 Å². The fraction of sp³-hybridized carbons (Fsp3) is 0.625. The number of hydrogen-bond acceptors (Lipinski definition) is 2. The zero-order valence-corrected chi connectivity index (χ0v) is 11.5. The second kappa shape index (κ2) is 7.42. The van der Waals surface area contributed by atoms with E-state index in [1.807, 2.05) is 12.1 Å². The summed E-state index contributed by atoms with van der Waals surface area (Å²) in [5, 5.41) is 3.52. The predicted molar refractivity (Wildman–Crippen MR) is 75.9 cm³/mol. The molecule has 1 aliphatic carbocycles. The topological polar surface area (TPSA) is 21.3 Å². The van der Waals surface area contributed by atoms with E-state index >= 15 is 0 Å². The Hall–Kier alpha value is -1.02. The summed E-state index contributed by atoms with van der Waals surface area (Å²) in [6.45, 7) is 2.11. The van der Waals surface area contributed by atoms with E-state index in [2.05, 4.69) is 17.4 Å². The van der Waals surface area contributed by atoms with Gasteiger partial charge in [-0.05, 0) is 43.0 Å². The summed E-state index contributed by atoms with van der Waals surface area (Å²) in [6, 6.07) is 8.30. The van der Waals surface area contributed by atoms with E-state index in [0.29, 0.717) is 0 Å². The zero-order chi connectivity index (χ0) is 12.6. The molecule has 0 spiro atoms. The molecule has 18 heavy (non-hydrogen) atoms. The van der Waals surface area contributed by atoms with E-state index in [4.69, 9.17) is 4.74 Å². The molecule has 0 radical (unpaired) electrons. The first-order valence-corrected chi connectivity index (χ1v) is 7.22. The second-order valence-electron chi connectivity index (χ2n) is 5.32. The molecule has 2 heteroatoms. The van der Waals surface area contributed by atoms with Gasteiger partial charge in [0, 0.05) is 6.54 Å². The first-order valence-electron chi connectivity index (χ1n) is 7.22. The van der Waals surface area contributed by atoms with E-state index in [0.717, 1.165) is 24.8 Å². The third-order valence-electron chi connectivity index (χ3n) is 3.93. The Morgan fingerprint density at radius 1 is 1.17 bits per heavy atom. The summed E-state index contributed by atoms with van der Waals surface area (Å²) >= 11 is 0. The van der Waals surface area contributed by atoms with Crippen LogP contribution in [0.25, 0.3) is 0 Å². The number of rotatable bonds is 7. The summed E-state index contributed by atoms with van der Waals surface area (Å²) in [5.41, 5.74) is 1.33. The van der Waals surface area contributed by atoms with Gasteiger partial charge in [0.1, 0.15) is 5.75 Å². The maximum absolute atomic E-state index is 5.15. The van der Waals surface area contributed by atoms with Crippen molar-refractivity contribution in [2.24, 2.45) is 5.92 Å². The molecule has 0 saturated heterocycles. The number of nitrogens with one attached hydrogen (secondary N) is 1. The zero-order valence-electron chi connectivity index (χ0n) is 11.5. The third-order valence-corrected chi connectivity index (χ3v) is 3.93. The van der Waals surface area contributed by atoms with Gasteiger partial charge in [0.15, 0.2) is 0 Å². The van der Waals surface area contributed by atoms with Crippen molar-refractivity contribution in [3.8, 4) is 5.75 Å². The first kappa shape index (κ1) is 13.4. The Labute approximate surface area is 111 Å². The Balaban J connectivity index is 1.56. The van der Waals surface area contributed by atoms with Crippen LogP contribution in [0.4, 0.5) is 0 Å². The smallest absolute Gasteiger partial charge is 0.118 e. The summed E-state index contributed by atoms with van der Waals surface area (Å²) in [6.07, 6.45) is 8.60. The van der Waals surface area contributed by atoms with Crippen LogP contribution in [0.1, 0.15) is 44.1 Å². The van der Waals surface area contributed by atoms with Crippen molar-refractivity contribution in [3.05, 3.63) is 29.8 Å². The van der Waals surface area contributed by atoms with Crippen molar-refractivity contribution in [2.45, 2.75) is 45.1 Å². The van der Waals surface area contributed by atoms with Gasteiger partial charge in [-0.3, -0.25) is 0 Å². The van der Waals surface area contributed by atoms with Gasteiger partial charge in [0.2, 0.25) is 0 Å². The van der Waals surface area contributed by atoms with Crippen molar-refractivity contribution in [2.75, 3.05) is 13.7 Å². The summed E-state index contributed by atoms with van der Waals surface area (Å²) < 4.78 is 5.15. The molecule has 100 valence electrons. The first-order chi connectivity index (χ1) is 8.88. The molecule has 1 aromatic carbocycles. The molecule has 0 aliphatic heterocycles. The standard InChI is InChI=1S/C16H25NO/c1-18-16-10-8-15(9-11-16)13-17-12-4-7-14-5-2-3-6-14/h8-11,14,17H,2-7,12-13H2,1H3. The van der Waals surface area contributed by atoms with Gasteiger partial charge >= 0.3 is 0 Å². The maximum atomic E-state index is 5.15. The molecule has 0 heterocycles. The lowest BCUT2D eigenvalue weighted by Gasteiger charge is -2.09. The minimum absolute atomic E-state index is 0.931. The molecule has 2 nitrogen and oxygen atoms in total. The highest BCUT2D eigenvalue weighted by Gasteiger charge is 2.13. The molecule has 0 bridgehead atoms. The van der Waals surface area contributed by atoms with Crippen molar-refractivity contribution < 1.29 is 4.74 Å². The van der Waals surface area contributed by atoms with E-state index in [9.17, 15) is 0 Å². The molecule has 1 aliphatic rings. The number of ether oxygens (including phenoxy) is 1. The highest BCUT2D eigenvalue weighted by atomic mass is 16.5. The Kier molecular flexibility index (Phi) is 5.53. The SMILES string of the molecule is COc1ccc(CNCCCC2CCCC2)cc1. The van der Waals surface area contributed by atoms with Gasteiger partial charge < -0.3 is 10.1 Å². The van der Waals surface area contributed by atoms with E-state index in [-0.39, 0.29) is 0 Å². The summed E-state index contributed by atoms with van der Waals surface area (Å²) in [7, 11) is 1.70. The molecular weight excluding hydrogens is 222 g/mol. The van der Waals surface area contributed by atoms with E-state index in [1.165, 1.54) is 44.1 Å². The van der Waals surface area contributed by atoms with Crippen molar-refractivity contribution >= 4 is 0 Å². The second-order valence-corrected chi connectivity index (χ2v) is 5.32. The monoisotopic (exact) mass is 247 g/mol. The number of hydrogen-bond donors (Lipinski definition) is 1. The fourth-order valence-corrected chi connectivity index (χ4v) is 2.79. The highest BCUT2D eigenvalue weighted by molar-refractivity contribution is 5.26. The molecule has 0 atom stereocenters. The summed E-state index contributed by atoms with van der Waals surface area (Å²) in [5.74, 6) is 1.95. The molecule has 1 fully saturated rings. The average molecular weight is 247 g/mol. The molecule has 2 rings (SSSR count). The van der Waals surface area contributed by atoms with Crippen LogP contribution >= 0.6 is 0 Å². The third kappa shape index (κ3) is 4.34.